The summed E-state index contributed by atoms with van der Waals surface area (Å²) < 4.78 is 35.7. The Labute approximate surface area is 167 Å². The van der Waals surface area contributed by atoms with Crippen LogP contribution in [-0.4, -0.2) is 33.3 Å². The summed E-state index contributed by atoms with van der Waals surface area (Å²) in [4.78, 5) is 12.1. The lowest BCUT2D eigenvalue weighted by Gasteiger charge is -2.12. The van der Waals surface area contributed by atoms with Crippen molar-refractivity contribution in [3.8, 4) is 11.5 Å². The molecule has 2 aromatic rings. The normalized spacial score (nSPS) is 13.7. The maximum Gasteiger partial charge on any atom is 0.235 e. The molecule has 1 aliphatic rings. The van der Waals surface area contributed by atoms with Gasteiger partial charge in [0.2, 0.25) is 5.91 Å². The number of ether oxygens (including phenoxy) is 2. The lowest BCUT2D eigenvalue weighted by Crippen LogP contribution is -2.30. The highest BCUT2D eigenvalue weighted by Crippen LogP contribution is 2.37. The molecule has 2 aromatic carbocycles. The third kappa shape index (κ3) is 5.06. The lowest BCUT2D eigenvalue weighted by atomic mass is 10.2. The summed E-state index contributed by atoms with van der Waals surface area (Å²) >= 11 is 12.0. The summed E-state index contributed by atoms with van der Waals surface area (Å²) in [5.74, 6) is -0.284. The standard InChI is InChI=1S/C18H17Cl2NO5S/c19-13-2-4-14(5-3-13)27(23,24)11-17(22)21-10-12-8-15(20)18-16(9-12)25-6-1-7-26-18/h2-5,8-9H,1,6-7,10-11H2,(H,21,22). The molecular formula is C18H17Cl2NO5S. The second kappa shape index (κ2) is 8.37. The number of carbonyl (C=O) groups is 1. The number of rotatable bonds is 5. The summed E-state index contributed by atoms with van der Waals surface area (Å²) in [6.07, 6.45) is 0.750. The molecule has 1 heterocycles. The Bertz CT molecular complexity index is 945. The molecule has 9 heteroatoms. The molecule has 0 unspecified atom stereocenters. The summed E-state index contributed by atoms with van der Waals surface area (Å²) in [6.45, 7) is 1.15. The van der Waals surface area contributed by atoms with Gasteiger partial charge in [-0.3, -0.25) is 4.79 Å². The fourth-order valence-electron chi connectivity index (χ4n) is 2.54. The van der Waals surface area contributed by atoms with Crippen LogP contribution in [0.5, 0.6) is 11.5 Å². The van der Waals surface area contributed by atoms with E-state index in [2.05, 4.69) is 5.32 Å². The van der Waals surface area contributed by atoms with Crippen LogP contribution >= 0.6 is 23.2 Å². The van der Waals surface area contributed by atoms with Gasteiger partial charge in [-0.25, -0.2) is 8.42 Å². The Morgan fingerprint density at radius 2 is 1.78 bits per heavy atom. The molecule has 1 amide bonds. The number of amides is 1. The van der Waals surface area contributed by atoms with E-state index in [-0.39, 0.29) is 11.4 Å². The third-order valence-corrected chi connectivity index (χ3v) is 6.01. The van der Waals surface area contributed by atoms with Gasteiger partial charge in [0.1, 0.15) is 5.75 Å². The quantitative estimate of drug-likeness (QED) is 0.788. The van der Waals surface area contributed by atoms with E-state index < -0.39 is 21.5 Å². The van der Waals surface area contributed by atoms with Crippen molar-refractivity contribution in [2.45, 2.75) is 17.9 Å². The molecule has 1 aliphatic heterocycles. The zero-order valence-corrected chi connectivity index (χ0v) is 16.5. The molecule has 27 heavy (non-hydrogen) atoms. The van der Waals surface area contributed by atoms with E-state index in [0.29, 0.717) is 40.3 Å². The number of fused-ring (bicyclic) bond motifs is 1. The fraction of sp³-hybridized carbons (Fsp3) is 0.278. The molecule has 6 nitrogen and oxygen atoms in total. The van der Waals surface area contributed by atoms with Gasteiger partial charge in [0.05, 0.1) is 23.1 Å². The third-order valence-electron chi connectivity index (χ3n) is 3.85. The average Bonchev–Trinajstić information content (AvgIpc) is 2.86. The lowest BCUT2D eigenvalue weighted by molar-refractivity contribution is -0.118. The predicted molar refractivity (Wildman–Crippen MR) is 102 cm³/mol. The van der Waals surface area contributed by atoms with Gasteiger partial charge in [0, 0.05) is 18.0 Å². The van der Waals surface area contributed by atoms with Gasteiger partial charge in [-0.15, -0.1) is 0 Å². The summed E-state index contributed by atoms with van der Waals surface area (Å²) in [5, 5.41) is 3.39. The minimum atomic E-state index is -3.75. The maximum absolute atomic E-state index is 12.3. The number of carbonyl (C=O) groups excluding carboxylic acids is 1. The van der Waals surface area contributed by atoms with Crippen molar-refractivity contribution < 1.29 is 22.7 Å². The minimum absolute atomic E-state index is 0.0423. The van der Waals surface area contributed by atoms with Crippen molar-refractivity contribution in [3.05, 3.63) is 52.0 Å². The van der Waals surface area contributed by atoms with Gasteiger partial charge < -0.3 is 14.8 Å². The number of nitrogens with one attached hydrogen (secondary N) is 1. The first-order chi connectivity index (χ1) is 12.8. The summed E-state index contributed by atoms with van der Waals surface area (Å²) in [7, 11) is -3.75. The van der Waals surface area contributed by atoms with Crippen molar-refractivity contribution in [3.63, 3.8) is 0 Å². The largest absolute Gasteiger partial charge is 0.489 e. The molecule has 144 valence electrons. The summed E-state index contributed by atoms with van der Waals surface area (Å²) in [5.41, 5.74) is 0.682. The van der Waals surface area contributed by atoms with Gasteiger partial charge in [0.25, 0.3) is 0 Å². The topological polar surface area (TPSA) is 81.7 Å². The van der Waals surface area contributed by atoms with Crippen LogP contribution in [0.3, 0.4) is 0 Å². The molecule has 0 atom stereocenters. The number of benzene rings is 2. The number of hydrogen-bond donors (Lipinski definition) is 1. The van der Waals surface area contributed by atoms with E-state index in [9.17, 15) is 13.2 Å². The van der Waals surface area contributed by atoms with Crippen molar-refractivity contribution >= 4 is 38.9 Å². The highest BCUT2D eigenvalue weighted by molar-refractivity contribution is 7.92. The molecule has 0 fully saturated rings. The molecule has 1 N–H and O–H groups in total. The Kier molecular flexibility index (Phi) is 6.14. The molecule has 0 spiro atoms. The van der Waals surface area contributed by atoms with Crippen LogP contribution < -0.4 is 14.8 Å². The van der Waals surface area contributed by atoms with E-state index in [1.807, 2.05) is 0 Å². The molecule has 0 aliphatic carbocycles. The van der Waals surface area contributed by atoms with E-state index in [0.717, 1.165) is 6.42 Å². The Balaban J connectivity index is 1.64. The monoisotopic (exact) mass is 429 g/mol. The van der Waals surface area contributed by atoms with Crippen LogP contribution in [0.2, 0.25) is 10.0 Å². The second-order valence-electron chi connectivity index (χ2n) is 5.95. The van der Waals surface area contributed by atoms with Gasteiger partial charge in [-0.05, 0) is 42.0 Å². The first kappa shape index (κ1) is 19.8. The van der Waals surface area contributed by atoms with Crippen LogP contribution in [0.25, 0.3) is 0 Å². The molecule has 0 radical (unpaired) electrons. The van der Waals surface area contributed by atoms with E-state index in [4.69, 9.17) is 32.7 Å². The highest BCUT2D eigenvalue weighted by Gasteiger charge is 2.20. The van der Waals surface area contributed by atoms with Crippen LogP contribution in [0, 0.1) is 0 Å². The van der Waals surface area contributed by atoms with E-state index in [1.165, 1.54) is 24.3 Å². The summed E-state index contributed by atoms with van der Waals surface area (Å²) in [6, 6.07) is 9.05. The Morgan fingerprint density at radius 1 is 1.07 bits per heavy atom. The van der Waals surface area contributed by atoms with Crippen LogP contribution in [0.4, 0.5) is 0 Å². The maximum atomic E-state index is 12.3. The zero-order valence-electron chi connectivity index (χ0n) is 14.2. The van der Waals surface area contributed by atoms with Crippen LogP contribution in [0.15, 0.2) is 41.3 Å². The second-order valence-corrected chi connectivity index (χ2v) is 8.78. The average molecular weight is 430 g/mol. The molecule has 0 saturated heterocycles. The van der Waals surface area contributed by atoms with Crippen LogP contribution in [0.1, 0.15) is 12.0 Å². The van der Waals surface area contributed by atoms with Crippen molar-refractivity contribution in [2.75, 3.05) is 19.0 Å². The first-order valence-electron chi connectivity index (χ1n) is 8.18. The van der Waals surface area contributed by atoms with E-state index >= 15 is 0 Å². The SMILES string of the molecule is O=C(CS(=O)(=O)c1ccc(Cl)cc1)NCc1cc(Cl)c2c(c1)OCCCO2. The molecular weight excluding hydrogens is 413 g/mol. The van der Waals surface area contributed by atoms with E-state index in [1.54, 1.807) is 12.1 Å². The van der Waals surface area contributed by atoms with Crippen molar-refractivity contribution in [1.29, 1.82) is 0 Å². The minimum Gasteiger partial charge on any atom is -0.489 e. The van der Waals surface area contributed by atoms with Gasteiger partial charge >= 0.3 is 0 Å². The Morgan fingerprint density at radius 3 is 2.52 bits per heavy atom. The highest BCUT2D eigenvalue weighted by atomic mass is 35.5. The van der Waals surface area contributed by atoms with Crippen molar-refractivity contribution in [1.82, 2.24) is 5.32 Å². The van der Waals surface area contributed by atoms with Gasteiger partial charge in [-0.2, -0.15) is 0 Å². The number of sulfone groups is 1. The van der Waals surface area contributed by atoms with Crippen LogP contribution in [-0.2, 0) is 21.2 Å². The van der Waals surface area contributed by atoms with Gasteiger partial charge in [-0.1, -0.05) is 23.2 Å². The molecule has 0 saturated carbocycles. The zero-order chi connectivity index (χ0) is 19.4. The number of halogens is 2. The van der Waals surface area contributed by atoms with Crippen molar-refractivity contribution in [2.24, 2.45) is 0 Å². The molecule has 0 bridgehead atoms. The van der Waals surface area contributed by atoms with Gasteiger partial charge in [0.15, 0.2) is 21.3 Å². The number of hydrogen-bond acceptors (Lipinski definition) is 5. The first-order valence-corrected chi connectivity index (χ1v) is 10.6. The predicted octanol–water partition coefficient (Wildman–Crippen LogP) is 3.24. The Hall–Kier alpha value is -1.96. The molecule has 0 aromatic heterocycles. The molecule has 3 rings (SSSR count). The smallest absolute Gasteiger partial charge is 0.235 e. The fourth-order valence-corrected chi connectivity index (χ4v) is 4.11.